The second-order valence-corrected chi connectivity index (χ2v) is 12.2. The molecule has 0 heterocycles. The van der Waals surface area contributed by atoms with Crippen molar-refractivity contribution in [2.24, 2.45) is 0 Å². The highest BCUT2D eigenvalue weighted by Gasteiger charge is 2.34. The van der Waals surface area contributed by atoms with Crippen LogP contribution in [-0.2, 0) is 26.2 Å². The lowest BCUT2D eigenvalue weighted by molar-refractivity contribution is -0.140. The van der Waals surface area contributed by atoms with Crippen LogP contribution in [-0.4, -0.2) is 43.8 Å². The average molecular weight is 611 g/mol. The topological polar surface area (TPSA) is 86.8 Å². The summed E-state index contributed by atoms with van der Waals surface area (Å²) >= 11 is 19.0. The summed E-state index contributed by atoms with van der Waals surface area (Å²) in [5, 5.41) is 3.60. The van der Waals surface area contributed by atoms with Gasteiger partial charge in [0.05, 0.1) is 15.6 Å². The summed E-state index contributed by atoms with van der Waals surface area (Å²) in [7, 11) is -4.26. The molecule has 0 saturated carbocycles. The van der Waals surface area contributed by atoms with E-state index in [1.807, 2.05) is 13.8 Å². The van der Waals surface area contributed by atoms with Gasteiger partial charge in [0.25, 0.3) is 10.0 Å². The third-order valence-electron chi connectivity index (χ3n) is 5.90. The zero-order valence-corrected chi connectivity index (χ0v) is 24.9. The molecule has 39 heavy (non-hydrogen) atoms. The molecule has 1 N–H and O–H groups in total. The molecule has 3 rings (SSSR count). The Bertz CT molecular complexity index is 1420. The molecule has 0 radical (unpaired) electrons. The van der Waals surface area contributed by atoms with E-state index in [4.69, 9.17) is 34.8 Å². The van der Waals surface area contributed by atoms with Gasteiger partial charge in [-0.3, -0.25) is 13.9 Å². The second kappa shape index (κ2) is 13.5. The molecule has 0 fully saturated rings. The average Bonchev–Trinajstić information content (AvgIpc) is 2.89. The van der Waals surface area contributed by atoms with Gasteiger partial charge in [0.15, 0.2) is 0 Å². The van der Waals surface area contributed by atoms with Gasteiger partial charge in [0.1, 0.15) is 12.6 Å². The van der Waals surface area contributed by atoms with Crippen LogP contribution in [0.4, 0.5) is 5.69 Å². The molecule has 0 saturated heterocycles. The highest BCUT2D eigenvalue weighted by molar-refractivity contribution is 7.92. The summed E-state index contributed by atoms with van der Waals surface area (Å²) in [4.78, 5) is 28.5. The zero-order valence-electron chi connectivity index (χ0n) is 21.8. The van der Waals surface area contributed by atoms with Crippen molar-refractivity contribution in [3.05, 3.63) is 93.4 Å². The molecule has 0 aliphatic heterocycles. The zero-order chi connectivity index (χ0) is 28.7. The van der Waals surface area contributed by atoms with E-state index >= 15 is 0 Å². The molecular formula is C28H30Cl3N3O4S. The molecule has 3 aromatic rings. The third kappa shape index (κ3) is 7.66. The minimum atomic E-state index is -4.26. The molecule has 2 amide bonds. The molecule has 0 bridgehead atoms. The van der Waals surface area contributed by atoms with Crippen LogP contribution >= 0.6 is 34.8 Å². The van der Waals surface area contributed by atoms with Crippen LogP contribution in [0.15, 0.2) is 77.7 Å². The fraction of sp³-hybridized carbons (Fsp3) is 0.286. The minimum absolute atomic E-state index is 0.00890. The molecule has 0 aliphatic rings. The maximum atomic E-state index is 14.0. The number of amides is 2. The highest BCUT2D eigenvalue weighted by Crippen LogP contribution is 2.33. The van der Waals surface area contributed by atoms with Gasteiger partial charge in [-0.15, -0.1) is 0 Å². The van der Waals surface area contributed by atoms with Crippen LogP contribution in [0.5, 0.6) is 0 Å². The van der Waals surface area contributed by atoms with E-state index in [2.05, 4.69) is 5.32 Å². The van der Waals surface area contributed by atoms with Gasteiger partial charge in [-0.05, 0) is 62.2 Å². The molecular weight excluding hydrogens is 581 g/mol. The Morgan fingerprint density at radius 2 is 1.54 bits per heavy atom. The maximum Gasteiger partial charge on any atom is 0.264 e. The van der Waals surface area contributed by atoms with Crippen molar-refractivity contribution in [2.75, 3.05) is 10.8 Å². The lowest BCUT2D eigenvalue weighted by Gasteiger charge is -2.34. The first kappa shape index (κ1) is 30.8. The van der Waals surface area contributed by atoms with E-state index < -0.39 is 28.5 Å². The number of halogens is 3. The predicted molar refractivity (Wildman–Crippen MR) is 157 cm³/mol. The molecule has 0 spiro atoms. The largest absolute Gasteiger partial charge is 0.352 e. The third-order valence-corrected chi connectivity index (χ3v) is 8.60. The fourth-order valence-electron chi connectivity index (χ4n) is 4.02. The Balaban J connectivity index is 2.11. The van der Waals surface area contributed by atoms with Crippen LogP contribution in [0.3, 0.4) is 0 Å². The second-order valence-electron chi connectivity index (χ2n) is 9.12. The lowest BCUT2D eigenvalue weighted by atomic mass is 10.1. The number of nitrogens with zero attached hydrogens (tertiary/aromatic N) is 2. The first-order chi connectivity index (χ1) is 18.4. The van der Waals surface area contributed by atoms with E-state index in [0.717, 1.165) is 4.31 Å². The molecule has 0 aromatic heterocycles. The summed E-state index contributed by atoms with van der Waals surface area (Å²) in [6, 6.07) is 18.0. The van der Waals surface area contributed by atoms with Crippen molar-refractivity contribution in [2.45, 2.75) is 50.7 Å². The predicted octanol–water partition coefficient (Wildman–Crippen LogP) is 6.17. The number of sulfonamides is 1. The Morgan fingerprint density at radius 3 is 2.15 bits per heavy atom. The lowest BCUT2D eigenvalue weighted by Crippen LogP contribution is -2.53. The maximum absolute atomic E-state index is 14.0. The molecule has 7 nitrogen and oxygen atoms in total. The van der Waals surface area contributed by atoms with E-state index in [1.165, 1.54) is 35.2 Å². The van der Waals surface area contributed by atoms with Gasteiger partial charge in [-0.25, -0.2) is 8.42 Å². The van der Waals surface area contributed by atoms with E-state index in [-0.39, 0.29) is 45.5 Å². The summed E-state index contributed by atoms with van der Waals surface area (Å²) in [6.45, 7) is 4.78. The fourth-order valence-corrected chi connectivity index (χ4v) is 6.10. The molecule has 0 unspecified atom stereocenters. The Labute approximate surface area is 244 Å². The van der Waals surface area contributed by atoms with Gasteiger partial charge in [0, 0.05) is 22.6 Å². The van der Waals surface area contributed by atoms with E-state index in [1.54, 1.807) is 49.4 Å². The number of hydrogen-bond acceptors (Lipinski definition) is 4. The SMILES string of the molecule is CC[C@H](C(=O)NC(C)C)N(Cc1ccccc1Cl)C(=O)CN(c1cc(Cl)ccc1Cl)S(=O)(=O)c1ccccc1. The standard InChI is InChI=1S/C28H30Cl3N3O4S/c1-4-25(28(36)32-19(2)3)33(17-20-10-8-9-13-23(20)30)27(35)18-34(26-16-21(29)14-15-24(26)31)39(37,38)22-11-6-5-7-12-22/h5-16,19,25H,4,17-18H2,1-3H3,(H,32,36)/t25-/m1/s1. The number of carbonyl (C=O) groups is 2. The summed E-state index contributed by atoms with van der Waals surface area (Å²) < 4.78 is 28.6. The van der Waals surface area contributed by atoms with Crippen LogP contribution in [0.1, 0.15) is 32.8 Å². The smallest absolute Gasteiger partial charge is 0.264 e. The molecule has 208 valence electrons. The number of nitrogens with one attached hydrogen (secondary N) is 1. The summed E-state index contributed by atoms with van der Waals surface area (Å²) in [6.07, 6.45) is 0.290. The molecule has 1 atom stereocenters. The number of rotatable bonds is 11. The van der Waals surface area contributed by atoms with Gasteiger partial charge in [0.2, 0.25) is 11.8 Å². The Kier molecular flexibility index (Phi) is 10.7. The van der Waals surface area contributed by atoms with Crippen molar-refractivity contribution in [1.82, 2.24) is 10.2 Å². The van der Waals surface area contributed by atoms with E-state index in [0.29, 0.717) is 10.6 Å². The van der Waals surface area contributed by atoms with Gasteiger partial charge < -0.3 is 10.2 Å². The Morgan fingerprint density at radius 1 is 0.897 bits per heavy atom. The molecule has 0 aliphatic carbocycles. The van der Waals surface area contributed by atoms with Gasteiger partial charge >= 0.3 is 0 Å². The first-order valence-corrected chi connectivity index (χ1v) is 14.9. The van der Waals surface area contributed by atoms with Crippen LogP contribution < -0.4 is 9.62 Å². The van der Waals surface area contributed by atoms with Crippen molar-refractivity contribution < 1.29 is 18.0 Å². The van der Waals surface area contributed by atoms with Crippen LogP contribution in [0.2, 0.25) is 15.1 Å². The quantitative estimate of drug-likeness (QED) is 0.281. The van der Waals surface area contributed by atoms with Gasteiger partial charge in [-0.1, -0.05) is 78.1 Å². The van der Waals surface area contributed by atoms with Crippen molar-refractivity contribution >= 4 is 62.3 Å². The first-order valence-electron chi connectivity index (χ1n) is 12.3. The van der Waals surface area contributed by atoms with Crippen molar-refractivity contribution in [3.8, 4) is 0 Å². The van der Waals surface area contributed by atoms with Crippen molar-refractivity contribution in [3.63, 3.8) is 0 Å². The van der Waals surface area contributed by atoms with Crippen molar-refractivity contribution in [1.29, 1.82) is 0 Å². The number of anilines is 1. The van der Waals surface area contributed by atoms with E-state index in [9.17, 15) is 18.0 Å². The molecule has 3 aromatic carbocycles. The number of hydrogen-bond donors (Lipinski definition) is 1. The van der Waals surface area contributed by atoms with Gasteiger partial charge in [-0.2, -0.15) is 0 Å². The number of benzene rings is 3. The normalized spacial score (nSPS) is 12.2. The summed E-state index contributed by atoms with van der Waals surface area (Å²) in [5.74, 6) is -0.970. The Hall–Kier alpha value is -2.78. The molecule has 11 heteroatoms. The number of carbonyl (C=O) groups excluding carboxylic acids is 2. The summed E-state index contributed by atoms with van der Waals surface area (Å²) in [5.41, 5.74) is 0.653. The monoisotopic (exact) mass is 609 g/mol. The van der Waals surface area contributed by atoms with Crippen LogP contribution in [0.25, 0.3) is 0 Å². The van der Waals surface area contributed by atoms with Crippen LogP contribution in [0, 0.1) is 0 Å². The highest BCUT2D eigenvalue weighted by atomic mass is 35.5. The minimum Gasteiger partial charge on any atom is -0.352 e.